The normalized spacial score (nSPS) is 12.6. The summed E-state index contributed by atoms with van der Waals surface area (Å²) in [6.07, 6.45) is 3.41. The number of rotatable bonds is 3. The summed E-state index contributed by atoms with van der Waals surface area (Å²) < 4.78 is 30.2. The minimum atomic E-state index is -1.13. The van der Waals surface area contributed by atoms with E-state index in [1.807, 2.05) is 0 Å². The van der Waals surface area contributed by atoms with Crippen LogP contribution in [0, 0.1) is 11.6 Å². The Kier molecular flexibility index (Phi) is 3.58. The van der Waals surface area contributed by atoms with Crippen molar-refractivity contribution in [2.75, 3.05) is 0 Å². The highest BCUT2D eigenvalue weighted by molar-refractivity contribution is 5.67. The highest BCUT2D eigenvalue weighted by Gasteiger charge is 2.25. The van der Waals surface area contributed by atoms with Gasteiger partial charge in [-0.3, -0.25) is 4.40 Å². The lowest BCUT2D eigenvalue weighted by atomic mass is 10.1. The molecule has 0 saturated heterocycles. The number of aryl methyl sites for hydroxylation is 1. The lowest BCUT2D eigenvalue weighted by Gasteiger charge is -2.13. The average Bonchev–Trinajstić information content (AvgIpc) is 3.18. The second-order valence-corrected chi connectivity index (χ2v) is 5.73. The monoisotopic (exact) mass is 340 g/mol. The van der Waals surface area contributed by atoms with Crippen LogP contribution in [0.2, 0.25) is 0 Å². The summed E-state index contributed by atoms with van der Waals surface area (Å²) in [5.74, 6) is -0.428. The number of hydrogen-bond acceptors (Lipinski definition) is 3. The lowest BCUT2D eigenvalue weighted by Crippen LogP contribution is -2.10. The van der Waals surface area contributed by atoms with Crippen molar-refractivity contribution in [3.05, 3.63) is 78.1 Å². The quantitative estimate of drug-likeness (QED) is 0.623. The maximum atomic E-state index is 13.8. The topological polar surface area (TPSA) is 55.3 Å². The van der Waals surface area contributed by atoms with Gasteiger partial charge in [0.05, 0.1) is 11.4 Å². The Bertz CT molecular complexity index is 1050. The van der Waals surface area contributed by atoms with Crippen LogP contribution in [0.15, 0.2) is 55.0 Å². The van der Waals surface area contributed by atoms with E-state index in [0.29, 0.717) is 28.4 Å². The summed E-state index contributed by atoms with van der Waals surface area (Å²) in [6, 6.07) is 8.60. The lowest BCUT2D eigenvalue weighted by molar-refractivity contribution is 0.201. The number of aromatic nitrogens is 4. The first kappa shape index (κ1) is 15.5. The van der Waals surface area contributed by atoms with Gasteiger partial charge in [0.2, 0.25) is 0 Å². The third-order valence-corrected chi connectivity index (χ3v) is 4.10. The van der Waals surface area contributed by atoms with Gasteiger partial charge in [-0.25, -0.2) is 18.7 Å². The van der Waals surface area contributed by atoms with Crippen LogP contribution < -0.4 is 0 Å². The minimum Gasteiger partial charge on any atom is -0.379 e. The van der Waals surface area contributed by atoms with Crippen LogP contribution in [0.25, 0.3) is 16.9 Å². The SMILES string of the molecule is Cn1ccnc1C(O)c1c(-c2ccc(F)cc2)nc2ccc(F)cn12. The largest absolute Gasteiger partial charge is 0.379 e. The van der Waals surface area contributed by atoms with Gasteiger partial charge < -0.3 is 9.67 Å². The number of imidazole rings is 2. The number of halogens is 2. The summed E-state index contributed by atoms with van der Waals surface area (Å²) >= 11 is 0. The Morgan fingerprint density at radius 2 is 1.76 bits per heavy atom. The molecule has 4 aromatic rings. The van der Waals surface area contributed by atoms with Crippen molar-refractivity contribution in [2.45, 2.75) is 6.10 Å². The Hall–Kier alpha value is -3.06. The first-order valence-corrected chi connectivity index (χ1v) is 7.63. The highest BCUT2D eigenvalue weighted by Crippen LogP contribution is 2.32. The van der Waals surface area contributed by atoms with E-state index in [0.717, 1.165) is 0 Å². The van der Waals surface area contributed by atoms with Gasteiger partial charge >= 0.3 is 0 Å². The van der Waals surface area contributed by atoms with Crippen molar-refractivity contribution in [3.8, 4) is 11.3 Å². The van der Waals surface area contributed by atoms with Crippen LogP contribution >= 0.6 is 0 Å². The summed E-state index contributed by atoms with van der Waals surface area (Å²) in [5, 5.41) is 10.9. The molecule has 3 aromatic heterocycles. The van der Waals surface area contributed by atoms with Crippen LogP contribution in [0.4, 0.5) is 8.78 Å². The van der Waals surface area contributed by atoms with E-state index in [4.69, 9.17) is 0 Å². The van der Waals surface area contributed by atoms with Gasteiger partial charge in [0, 0.05) is 31.2 Å². The summed E-state index contributed by atoms with van der Waals surface area (Å²) in [4.78, 5) is 8.66. The van der Waals surface area contributed by atoms with Crippen molar-refractivity contribution >= 4 is 5.65 Å². The number of aliphatic hydroxyl groups is 1. The molecule has 0 radical (unpaired) electrons. The van der Waals surface area contributed by atoms with Gasteiger partial charge in [0.15, 0.2) is 6.10 Å². The zero-order valence-electron chi connectivity index (χ0n) is 13.3. The fourth-order valence-electron chi connectivity index (χ4n) is 2.88. The van der Waals surface area contributed by atoms with E-state index in [1.165, 1.54) is 34.9 Å². The average molecular weight is 340 g/mol. The highest BCUT2D eigenvalue weighted by atomic mass is 19.1. The number of pyridine rings is 1. The third-order valence-electron chi connectivity index (χ3n) is 4.10. The molecular formula is C18H14F2N4O. The number of nitrogens with zero attached hydrogens (tertiary/aromatic N) is 4. The Balaban J connectivity index is 1.99. The van der Waals surface area contributed by atoms with Crippen LogP contribution in [0.1, 0.15) is 17.6 Å². The molecule has 25 heavy (non-hydrogen) atoms. The molecule has 1 unspecified atom stereocenters. The molecule has 7 heteroatoms. The van der Waals surface area contributed by atoms with Crippen LogP contribution in [0.5, 0.6) is 0 Å². The fraction of sp³-hybridized carbons (Fsp3) is 0.111. The number of benzene rings is 1. The molecule has 1 N–H and O–H groups in total. The number of aliphatic hydroxyl groups excluding tert-OH is 1. The van der Waals surface area contributed by atoms with Gasteiger partial charge in [-0.2, -0.15) is 0 Å². The van der Waals surface area contributed by atoms with Gasteiger partial charge in [-0.05, 0) is 36.4 Å². The van der Waals surface area contributed by atoms with Gasteiger partial charge in [0.25, 0.3) is 0 Å². The van der Waals surface area contributed by atoms with E-state index >= 15 is 0 Å². The Morgan fingerprint density at radius 3 is 2.44 bits per heavy atom. The van der Waals surface area contributed by atoms with Crippen molar-refractivity contribution < 1.29 is 13.9 Å². The molecule has 1 aromatic carbocycles. The smallest absolute Gasteiger partial charge is 0.154 e. The van der Waals surface area contributed by atoms with E-state index in [2.05, 4.69) is 9.97 Å². The predicted molar refractivity (Wildman–Crippen MR) is 87.8 cm³/mol. The molecule has 5 nitrogen and oxygen atoms in total. The molecule has 0 bridgehead atoms. The maximum Gasteiger partial charge on any atom is 0.154 e. The molecular weight excluding hydrogens is 326 g/mol. The van der Waals surface area contributed by atoms with E-state index in [1.54, 1.807) is 36.1 Å². The number of fused-ring (bicyclic) bond motifs is 1. The summed E-state index contributed by atoms with van der Waals surface area (Å²) in [5.41, 5.74) is 1.91. The first-order valence-electron chi connectivity index (χ1n) is 7.63. The zero-order valence-corrected chi connectivity index (χ0v) is 13.3. The van der Waals surface area contributed by atoms with E-state index in [9.17, 15) is 13.9 Å². The van der Waals surface area contributed by atoms with Crippen LogP contribution in [0.3, 0.4) is 0 Å². The maximum absolute atomic E-state index is 13.8. The van der Waals surface area contributed by atoms with Crippen LogP contribution in [-0.2, 0) is 7.05 Å². The zero-order chi connectivity index (χ0) is 17.6. The molecule has 0 aliphatic heterocycles. The van der Waals surface area contributed by atoms with Crippen molar-refractivity contribution in [2.24, 2.45) is 7.05 Å². The van der Waals surface area contributed by atoms with Crippen molar-refractivity contribution in [1.82, 2.24) is 18.9 Å². The van der Waals surface area contributed by atoms with Gasteiger partial charge in [-0.1, -0.05) is 0 Å². The standard InChI is InChI=1S/C18H14F2N4O/c1-23-9-8-21-18(23)17(25)16-15(11-2-4-12(19)5-3-11)22-14-7-6-13(20)10-24(14)16/h2-10,17,25H,1H3. The predicted octanol–water partition coefficient (Wildman–Crippen LogP) is 3.09. The van der Waals surface area contributed by atoms with Crippen LogP contribution in [-0.4, -0.2) is 24.0 Å². The molecule has 0 amide bonds. The molecule has 0 aliphatic rings. The van der Waals surface area contributed by atoms with E-state index < -0.39 is 11.9 Å². The summed E-state index contributed by atoms with van der Waals surface area (Å²) in [7, 11) is 1.76. The molecule has 4 rings (SSSR count). The molecule has 0 spiro atoms. The fourth-order valence-corrected chi connectivity index (χ4v) is 2.88. The first-order chi connectivity index (χ1) is 12.0. The second-order valence-electron chi connectivity index (χ2n) is 5.73. The Morgan fingerprint density at radius 1 is 1.04 bits per heavy atom. The van der Waals surface area contributed by atoms with Crippen molar-refractivity contribution in [3.63, 3.8) is 0 Å². The minimum absolute atomic E-state index is 0.371. The number of hydrogen-bond donors (Lipinski definition) is 1. The summed E-state index contributed by atoms with van der Waals surface area (Å²) in [6.45, 7) is 0. The molecule has 1 atom stereocenters. The Labute approximate surface area is 141 Å². The molecule has 3 heterocycles. The van der Waals surface area contributed by atoms with E-state index in [-0.39, 0.29) is 5.82 Å². The third kappa shape index (κ3) is 2.58. The van der Waals surface area contributed by atoms with Gasteiger partial charge in [-0.15, -0.1) is 0 Å². The molecule has 0 saturated carbocycles. The molecule has 0 aliphatic carbocycles. The molecule has 126 valence electrons. The van der Waals surface area contributed by atoms with Crippen molar-refractivity contribution in [1.29, 1.82) is 0 Å². The molecule has 0 fully saturated rings. The second kappa shape index (κ2) is 5.78. The van der Waals surface area contributed by atoms with Gasteiger partial charge in [0.1, 0.15) is 23.1 Å².